The smallest absolute Gasteiger partial charge is 0.264 e. The first kappa shape index (κ1) is 17.3. The minimum absolute atomic E-state index is 0.0170. The minimum Gasteiger partial charge on any atom is -0.480 e. The van der Waals surface area contributed by atoms with Crippen LogP contribution >= 0.6 is 11.6 Å². The summed E-state index contributed by atoms with van der Waals surface area (Å²) >= 11 is 6.06. The van der Waals surface area contributed by atoms with Gasteiger partial charge in [0.25, 0.3) is 5.91 Å². The van der Waals surface area contributed by atoms with Gasteiger partial charge in [0.15, 0.2) is 6.10 Å². The van der Waals surface area contributed by atoms with Crippen molar-refractivity contribution in [1.82, 2.24) is 9.88 Å². The van der Waals surface area contributed by atoms with Gasteiger partial charge in [0.2, 0.25) is 0 Å². The van der Waals surface area contributed by atoms with Gasteiger partial charge in [-0.05, 0) is 48.2 Å². The predicted octanol–water partition coefficient (Wildman–Crippen LogP) is 3.25. The normalized spacial score (nSPS) is 21.3. The first-order chi connectivity index (χ1) is 12.7. The highest BCUT2D eigenvalue weighted by molar-refractivity contribution is 6.30. The Morgan fingerprint density at radius 1 is 1.35 bits per heavy atom. The summed E-state index contributed by atoms with van der Waals surface area (Å²) in [6.45, 7) is 1.84. The maximum absolute atomic E-state index is 13.2. The van der Waals surface area contributed by atoms with Crippen molar-refractivity contribution in [2.75, 3.05) is 13.2 Å². The van der Waals surface area contributed by atoms with Gasteiger partial charge in [-0.1, -0.05) is 17.7 Å². The van der Waals surface area contributed by atoms with Crippen LogP contribution in [0.5, 0.6) is 5.75 Å². The number of amides is 1. The van der Waals surface area contributed by atoms with E-state index in [1.165, 1.54) is 0 Å². The minimum atomic E-state index is -0.512. The van der Waals surface area contributed by atoms with Crippen LogP contribution in [0.3, 0.4) is 0 Å². The molecule has 0 bridgehead atoms. The molecule has 1 aromatic heterocycles. The van der Waals surface area contributed by atoms with E-state index in [9.17, 15) is 4.79 Å². The number of ether oxygens (including phenoxy) is 2. The maximum Gasteiger partial charge on any atom is 0.264 e. The van der Waals surface area contributed by atoms with E-state index >= 15 is 0 Å². The quantitative estimate of drug-likeness (QED) is 0.808. The van der Waals surface area contributed by atoms with E-state index in [-0.39, 0.29) is 12.0 Å². The van der Waals surface area contributed by atoms with Gasteiger partial charge >= 0.3 is 0 Å². The monoisotopic (exact) mass is 372 g/mol. The Kier molecular flexibility index (Phi) is 5.09. The van der Waals surface area contributed by atoms with Crippen LogP contribution in [0.1, 0.15) is 24.0 Å². The summed E-state index contributed by atoms with van der Waals surface area (Å²) in [4.78, 5) is 19.2. The second-order valence-electron chi connectivity index (χ2n) is 6.78. The molecule has 26 heavy (non-hydrogen) atoms. The maximum atomic E-state index is 13.2. The van der Waals surface area contributed by atoms with Crippen molar-refractivity contribution in [3.8, 4) is 5.75 Å². The number of carbonyl (C=O) groups excluding carboxylic acids is 1. The molecule has 2 atom stereocenters. The second-order valence-corrected chi connectivity index (χ2v) is 7.21. The third-order valence-electron chi connectivity index (χ3n) is 4.83. The highest BCUT2D eigenvalue weighted by atomic mass is 35.5. The molecule has 2 aliphatic heterocycles. The zero-order valence-corrected chi connectivity index (χ0v) is 15.2. The molecule has 1 saturated heterocycles. The van der Waals surface area contributed by atoms with E-state index < -0.39 is 6.10 Å². The lowest BCUT2D eigenvalue weighted by Gasteiger charge is -2.27. The third kappa shape index (κ3) is 3.84. The Labute approximate surface area is 157 Å². The Morgan fingerprint density at radius 2 is 2.27 bits per heavy atom. The molecule has 3 heterocycles. The average Bonchev–Trinajstić information content (AvgIpc) is 3.30. The molecule has 0 unspecified atom stereocenters. The Morgan fingerprint density at radius 3 is 3.04 bits per heavy atom. The van der Waals surface area contributed by atoms with Crippen molar-refractivity contribution in [2.45, 2.75) is 38.0 Å². The number of nitrogens with zero attached hydrogens (tertiary/aromatic N) is 2. The SMILES string of the molecule is O=C([C@@H]1Cc2cc(Cl)ccc2O1)N(Cc1cccnc1)C[C@H]1CCCO1. The van der Waals surface area contributed by atoms with Gasteiger partial charge in [0.1, 0.15) is 5.75 Å². The van der Waals surface area contributed by atoms with E-state index in [2.05, 4.69) is 4.98 Å². The molecule has 2 aliphatic rings. The molecule has 5 nitrogen and oxygen atoms in total. The van der Waals surface area contributed by atoms with Gasteiger partial charge < -0.3 is 14.4 Å². The van der Waals surface area contributed by atoms with Crippen LogP contribution in [0.4, 0.5) is 0 Å². The Bertz CT molecular complexity index is 778. The lowest BCUT2D eigenvalue weighted by Crippen LogP contribution is -2.44. The van der Waals surface area contributed by atoms with Crippen LogP contribution in [0.25, 0.3) is 0 Å². The van der Waals surface area contributed by atoms with Gasteiger partial charge in [0, 0.05) is 43.5 Å². The number of pyridine rings is 1. The highest BCUT2D eigenvalue weighted by Crippen LogP contribution is 2.32. The molecular formula is C20H21ClN2O3. The first-order valence-electron chi connectivity index (χ1n) is 8.93. The highest BCUT2D eigenvalue weighted by Gasteiger charge is 2.34. The molecule has 1 amide bonds. The summed E-state index contributed by atoms with van der Waals surface area (Å²) in [6, 6.07) is 9.35. The van der Waals surface area contributed by atoms with Gasteiger partial charge in [-0.2, -0.15) is 0 Å². The van der Waals surface area contributed by atoms with Crippen LogP contribution in [-0.4, -0.2) is 41.2 Å². The van der Waals surface area contributed by atoms with Crippen molar-refractivity contribution >= 4 is 17.5 Å². The van der Waals surface area contributed by atoms with Crippen LogP contribution < -0.4 is 4.74 Å². The van der Waals surface area contributed by atoms with Crippen molar-refractivity contribution in [3.63, 3.8) is 0 Å². The van der Waals surface area contributed by atoms with Gasteiger partial charge in [-0.25, -0.2) is 0 Å². The fourth-order valence-corrected chi connectivity index (χ4v) is 3.73. The molecule has 136 valence electrons. The fourth-order valence-electron chi connectivity index (χ4n) is 3.54. The first-order valence-corrected chi connectivity index (χ1v) is 9.31. The summed E-state index contributed by atoms with van der Waals surface area (Å²) in [5, 5.41) is 0.659. The largest absolute Gasteiger partial charge is 0.480 e. The third-order valence-corrected chi connectivity index (χ3v) is 5.06. The Balaban J connectivity index is 1.50. The molecule has 2 aromatic rings. The average molecular weight is 373 g/mol. The Hall–Kier alpha value is -2.11. The van der Waals surface area contributed by atoms with Crippen molar-refractivity contribution in [1.29, 1.82) is 0 Å². The number of halogens is 1. The van der Waals surface area contributed by atoms with E-state index in [4.69, 9.17) is 21.1 Å². The fraction of sp³-hybridized carbons (Fsp3) is 0.400. The molecule has 0 radical (unpaired) electrons. The number of hydrogen-bond donors (Lipinski definition) is 0. The van der Waals surface area contributed by atoms with Crippen LogP contribution in [0.15, 0.2) is 42.7 Å². The number of benzene rings is 1. The van der Waals surface area contributed by atoms with Crippen LogP contribution in [0.2, 0.25) is 5.02 Å². The lowest BCUT2D eigenvalue weighted by atomic mass is 10.1. The topological polar surface area (TPSA) is 51.7 Å². The molecule has 6 heteroatoms. The van der Waals surface area contributed by atoms with Crippen LogP contribution in [-0.2, 0) is 22.5 Å². The summed E-state index contributed by atoms with van der Waals surface area (Å²) in [7, 11) is 0. The molecule has 0 N–H and O–H groups in total. The summed E-state index contributed by atoms with van der Waals surface area (Å²) < 4.78 is 11.6. The molecule has 0 saturated carbocycles. The molecule has 1 aromatic carbocycles. The van der Waals surface area contributed by atoms with E-state index in [0.717, 1.165) is 36.3 Å². The second kappa shape index (κ2) is 7.64. The number of rotatable bonds is 5. The van der Waals surface area contributed by atoms with E-state index in [1.807, 2.05) is 29.2 Å². The molecule has 1 fully saturated rings. The summed E-state index contributed by atoms with van der Waals surface area (Å²) in [6.07, 6.45) is 5.68. The summed E-state index contributed by atoms with van der Waals surface area (Å²) in [5.41, 5.74) is 1.98. The number of fused-ring (bicyclic) bond motifs is 1. The van der Waals surface area contributed by atoms with Crippen LogP contribution in [0, 0.1) is 0 Å². The molecule has 0 spiro atoms. The van der Waals surface area contributed by atoms with Gasteiger partial charge in [0.05, 0.1) is 6.10 Å². The zero-order valence-electron chi connectivity index (χ0n) is 14.4. The number of carbonyl (C=O) groups is 1. The molecule has 0 aliphatic carbocycles. The van der Waals surface area contributed by atoms with Gasteiger partial charge in [-0.3, -0.25) is 9.78 Å². The van der Waals surface area contributed by atoms with Crippen molar-refractivity contribution in [3.05, 3.63) is 58.9 Å². The van der Waals surface area contributed by atoms with Crippen molar-refractivity contribution in [2.24, 2.45) is 0 Å². The van der Waals surface area contributed by atoms with Gasteiger partial charge in [-0.15, -0.1) is 0 Å². The predicted molar refractivity (Wildman–Crippen MR) is 98.2 cm³/mol. The molecular weight excluding hydrogens is 352 g/mol. The van der Waals surface area contributed by atoms with Crippen molar-refractivity contribution < 1.29 is 14.3 Å². The summed E-state index contributed by atoms with van der Waals surface area (Å²) in [5.74, 6) is 0.725. The van der Waals surface area contributed by atoms with E-state index in [1.54, 1.807) is 18.5 Å². The molecule has 4 rings (SSSR count). The standard InChI is InChI=1S/C20H21ClN2O3/c21-16-5-6-18-15(9-16)10-19(26-18)20(24)23(13-17-4-2-8-25-17)12-14-3-1-7-22-11-14/h1,3,5-7,9,11,17,19H,2,4,8,10,12-13H2/t17-,19+/m1/s1. The lowest BCUT2D eigenvalue weighted by molar-refractivity contribution is -0.140. The number of hydrogen-bond acceptors (Lipinski definition) is 4. The van der Waals surface area contributed by atoms with E-state index in [0.29, 0.717) is 24.5 Å². The number of aromatic nitrogens is 1. The zero-order chi connectivity index (χ0) is 17.9.